The van der Waals surface area contributed by atoms with E-state index in [1.807, 2.05) is 0 Å². The molecule has 1 unspecified atom stereocenters. The zero-order chi connectivity index (χ0) is 12.5. The van der Waals surface area contributed by atoms with Crippen molar-refractivity contribution in [3.05, 3.63) is 29.8 Å². The summed E-state index contributed by atoms with van der Waals surface area (Å²) in [6, 6.07) is 6.19. The molecule has 0 aromatic heterocycles. The van der Waals surface area contributed by atoms with E-state index in [2.05, 4.69) is 5.32 Å². The minimum absolute atomic E-state index is 0.128. The Hall–Kier alpha value is -1.23. The van der Waals surface area contributed by atoms with Crippen LogP contribution < -0.4 is 5.32 Å². The summed E-state index contributed by atoms with van der Waals surface area (Å²) < 4.78 is 36.7. The number of hydrogen-bond donors (Lipinski definition) is 2. The van der Waals surface area contributed by atoms with Crippen LogP contribution in [0.4, 0.5) is 18.9 Å². The minimum atomic E-state index is -4.61. The first-order valence-electron chi connectivity index (χ1n) is 5.58. The quantitative estimate of drug-likeness (QED) is 0.856. The lowest BCUT2D eigenvalue weighted by atomic mass is 9.93. The van der Waals surface area contributed by atoms with E-state index in [1.54, 1.807) is 12.1 Å². The molecule has 1 fully saturated rings. The van der Waals surface area contributed by atoms with Crippen LogP contribution in [0.1, 0.15) is 30.9 Å². The first kappa shape index (κ1) is 12.2. The van der Waals surface area contributed by atoms with Crippen molar-refractivity contribution in [2.75, 3.05) is 5.32 Å². The molecule has 1 aliphatic rings. The van der Waals surface area contributed by atoms with Crippen LogP contribution in [0.5, 0.6) is 0 Å². The number of nitrogens with one attached hydrogen (secondary N) is 1. The van der Waals surface area contributed by atoms with Gasteiger partial charge >= 0.3 is 6.18 Å². The third kappa shape index (κ3) is 2.91. The summed E-state index contributed by atoms with van der Waals surface area (Å²) in [4.78, 5) is 0. The molecule has 1 aromatic rings. The monoisotopic (exact) mass is 245 g/mol. The molecular formula is C12H14F3NO. The molecule has 94 valence electrons. The van der Waals surface area contributed by atoms with Gasteiger partial charge in [0.1, 0.15) is 0 Å². The van der Waals surface area contributed by atoms with E-state index < -0.39 is 12.3 Å². The van der Waals surface area contributed by atoms with Gasteiger partial charge in [-0.1, -0.05) is 12.1 Å². The van der Waals surface area contributed by atoms with E-state index in [4.69, 9.17) is 5.11 Å². The predicted octanol–water partition coefficient (Wildman–Crippen LogP) is 3.25. The van der Waals surface area contributed by atoms with Crippen LogP contribution in [-0.2, 0) is 0 Å². The molecule has 1 saturated carbocycles. The summed E-state index contributed by atoms with van der Waals surface area (Å²) in [7, 11) is 0. The van der Waals surface area contributed by atoms with Crippen LogP contribution in [-0.4, -0.2) is 17.3 Å². The Kier molecular flexibility index (Phi) is 3.28. The number of halogens is 3. The van der Waals surface area contributed by atoms with Crippen LogP contribution in [0.25, 0.3) is 0 Å². The molecule has 0 radical (unpaired) electrons. The number of alkyl halides is 3. The number of aliphatic hydroxyl groups excluding tert-OH is 1. The Morgan fingerprint density at radius 1 is 1.18 bits per heavy atom. The molecule has 1 atom stereocenters. The molecule has 0 spiro atoms. The Balaban J connectivity index is 2.01. The molecular weight excluding hydrogens is 231 g/mol. The van der Waals surface area contributed by atoms with Gasteiger partial charge in [-0.15, -0.1) is 0 Å². The molecule has 2 nitrogen and oxygen atoms in total. The van der Waals surface area contributed by atoms with E-state index in [1.165, 1.54) is 18.6 Å². The Morgan fingerprint density at radius 2 is 1.76 bits per heavy atom. The highest BCUT2D eigenvalue weighted by atomic mass is 19.4. The van der Waals surface area contributed by atoms with Gasteiger partial charge in [0.15, 0.2) is 6.10 Å². The summed E-state index contributed by atoms with van der Waals surface area (Å²) in [6.07, 6.45) is -3.61. The van der Waals surface area contributed by atoms with Crippen molar-refractivity contribution < 1.29 is 18.3 Å². The molecule has 0 bridgehead atoms. The maximum absolute atomic E-state index is 12.2. The van der Waals surface area contributed by atoms with Crippen LogP contribution in [0.3, 0.4) is 0 Å². The average Bonchev–Trinajstić information content (AvgIpc) is 2.22. The Labute approximate surface area is 97.5 Å². The third-order valence-corrected chi connectivity index (χ3v) is 3.01. The van der Waals surface area contributed by atoms with Gasteiger partial charge < -0.3 is 10.4 Å². The van der Waals surface area contributed by atoms with E-state index in [-0.39, 0.29) is 5.56 Å². The van der Waals surface area contributed by atoms with E-state index in [0.717, 1.165) is 18.5 Å². The van der Waals surface area contributed by atoms with Crippen LogP contribution in [0.2, 0.25) is 0 Å². The van der Waals surface area contributed by atoms with Crippen molar-refractivity contribution in [2.24, 2.45) is 0 Å². The topological polar surface area (TPSA) is 32.3 Å². The summed E-state index contributed by atoms with van der Waals surface area (Å²) in [5.74, 6) is 0. The first-order chi connectivity index (χ1) is 7.97. The van der Waals surface area contributed by atoms with Crippen LogP contribution >= 0.6 is 0 Å². The van der Waals surface area contributed by atoms with Crippen molar-refractivity contribution in [1.29, 1.82) is 0 Å². The van der Waals surface area contributed by atoms with Gasteiger partial charge in [0.05, 0.1) is 0 Å². The van der Waals surface area contributed by atoms with Gasteiger partial charge in [0.25, 0.3) is 0 Å². The zero-order valence-electron chi connectivity index (χ0n) is 9.17. The number of aliphatic hydroxyl groups is 1. The second-order valence-corrected chi connectivity index (χ2v) is 4.34. The normalized spacial score (nSPS) is 18.6. The van der Waals surface area contributed by atoms with Crippen molar-refractivity contribution in [3.8, 4) is 0 Å². The second-order valence-electron chi connectivity index (χ2n) is 4.34. The number of rotatable bonds is 3. The SMILES string of the molecule is OC(c1ccc(NC2CCC2)cc1)C(F)(F)F. The van der Waals surface area contributed by atoms with Gasteiger partial charge in [-0.3, -0.25) is 0 Å². The standard InChI is InChI=1S/C12H14F3NO/c13-12(14,15)11(17)8-4-6-10(7-5-8)16-9-2-1-3-9/h4-7,9,11,16-17H,1-3H2. The molecule has 0 aliphatic heterocycles. The maximum Gasteiger partial charge on any atom is 0.418 e. The highest BCUT2D eigenvalue weighted by Crippen LogP contribution is 2.33. The smallest absolute Gasteiger partial charge is 0.382 e. The van der Waals surface area contributed by atoms with E-state index in [9.17, 15) is 13.2 Å². The lowest BCUT2D eigenvalue weighted by Crippen LogP contribution is -2.27. The lowest BCUT2D eigenvalue weighted by Gasteiger charge is -2.27. The van der Waals surface area contributed by atoms with Gasteiger partial charge in [-0.25, -0.2) is 0 Å². The van der Waals surface area contributed by atoms with Gasteiger partial charge in [0, 0.05) is 11.7 Å². The van der Waals surface area contributed by atoms with Crippen LogP contribution in [0.15, 0.2) is 24.3 Å². The molecule has 0 saturated heterocycles. The molecule has 1 aliphatic carbocycles. The zero-order valence-corrected chi connectivity index (χ0v) is 9.17. The highest BCUT2D eigenvalue weighted by molar-refractivity contribution is 5.46. The summed E-state index contributed by atoms with van der Waals surface area (Å²) in [5, 5.41) is 12.3. The third-order valence-electron chi connectivity index (χ3n) is 3.01. The number of benzene rings is 1. The van der Waals surface area contributed by atoms with Crippen molar-refractivity contribution >= 4 is 5.69 Å². The Morgan fingerprint density at radius 3 is 2.18 bits per heavy atom. The first-order valence-corrected chi connectivity index (χ1v) is 5.58. The molecule has 0 heterocycles. The Bertz CT molecular complexity index is 370. The molecule has 2 N–H and O–H groups in total. The molecule has 2 rings (SSSR count). The van der Waals surface area contributed by atoms with E-state index in [0.29, 0.717) is 6.04 Å². The highest BCUT2D eigenvalue weighted by Gasteiger charge is 2.39. The van der Waals surface area contributed by atoms with Crippen molar-refractivity contribution in [3.63, 3.8) is 0 Å². The van der Waals surface area contributed by atoms with Crippen molar-refractivity contribution in [1.82, 2.24) is 0 Å². The predicted molar refractivity (Wildman–Crippen MR) is 58.7 cm³/mol. The average molecular weight is 245 g/mol. The van der Waals surface area contributed by atoms with Crippen LogP contribution in [0, 0.1) is 0 Å². The van der Waals surface area contributed by atoms with Gasteiger partial charge in [-0.2, -0.15) is 13.2 Å². The molecule has 1 aromatic carbocycles. The lowest BCUT2D eigenvalue weighted by molar-refractivity contribution is -0.206. The molecule has 0 amide bonds. The maximum atomic E-state index is 12.2. The number of anilines is 1. The summed E-state index contributed by atoms with van der Waals surface area (Å²) in [6.45, 7) is 0. The van der Waals surface area contributed by atoms with E-state index >= 15 is 0 Å². The largest absolute Gasteiger partial charge is 0.418 e. The number of hydrogen-bond acceptors (Lipinski definition) is 2. The second kappa shape index (κ2) is 4.56. The minimum Gasteiger partial charge on any atom is -0.382 e. The van der Waals surface area contributed by atoms with Gasteiger partial charge in [0.2, 0.25) is 0 Å². The molecule has 17 heavy (non-hydrogen) atoms. The molecule has 5 heteroatoms. The van der Waals surface area contributed by atoms with Crippen molar-refractivity contribution in [2.45, 2.75) is 37.6 Å². The van der Waals surface area contributed by atoms with Gasteiger partial charge in [-0.05, 0) is 37.0 Å². The summed E-state index contributed by atoms with van der Waals surface area (Å²) in [5.41, 5.74) is 0.671. The fourth-order valence-corrected chi connectivity index (χ4v) is 1.74. The fraction of sp³-hybridized carbons (Fsp3) is 0.500. The summed E-state index contributed by atoms with van der Waals surface area (Å²) >= 11 is 0. The fourth-order valence-electron chi connectivity index (χ4n) is 1.74.